The first-order valence-corrected chi connectivity index (χ1v) is 6.45. The van der Waals surface area contributed by atoms with E-state index in [1.54, 1.807) is 41.1 Å². The standard InChI is InChI=1S/C16H11F3N2O/c17-16(18,19)10-3-1-4-11(9-10)21-8-7-12-13(15(20)22)5-2-6-14(12)21/h1-9H,(H2,20,22). The van der Waals surface area contributed by atoms with Crippen molar-refractivity contribution in [3.63, 3.8) is 0 Å². The minimum Gasteiger partial charge on any atom is -0.366 e. The summed E-state index contributed by atoms with van der Waals surface area (Å²) in [6.45, 7) is 0. The van der Waals surface area contributed by atoms with Gasteiger partial charge in [-0.15, -0.1) is 0 Å². The van der Waals surface area contributed by atoms with E-state index in [1.165, 1.54) is 6.07 Å². The minimum absolute atomic E-state index is 0.336. The molecule has 0 aliphatic rings. The van der Waals surface area contributed by atoms with Crippen molar-refractivity contribution in [1.29, 1.82) is 0 Å². The third kappa shape index (κ3) is 2.32. The number of rotatable bonds is 2. The van der Waals surface area contributed by atoms with Gasteiger partial charge in [0.25, 0.3) is 0 Å². The van der Waals surface area contributed by atoms with E-state index in [4.69, 9.17) is 5.73 Å². The Morgan fingerprint density at radius 1 is 1.05 bits per heavy atom. The van der Waals surface area contributed by atoms with Gasteiger partial charge in [-0.3, -0.25) is 4.79 Å². The maximum Gasteiger partial charge on any atom is 0.416 e. The molecule has 0 radical (unpaired) electrons. The van der Waals surface area contributed by atoms with E-state index in [1.807, 2.05) is 0 Å². The van der Waals surface area contributed by atoms with Crippen molar-refractivity contribution in [2.24, 2.45) is 5.73 Å². The molecular weight excluding hydrogens is 293 g/mol. The fraction of sp³-hybridized carbons (Fsp3) is 0.0625. The second kappa shape index (κ2) is 4.91. The zero-order chi connectivity index (χ0) is 15.9. The van der Waals surface area contributed by atoms with Crippen molar-refractivity contribution in [2.75, 3.05) is 0 Å². The maximum absolute atomic E-state index is 12.8. The van der Waals surface area contributed by atoms with Gasteiger partial charge >= 0.3 is 6.18 Å². The minimum atomic E-state index is -4.41. The van der Waals surface area contributed by atoms with E-state index in [2.05, 4.69) is 0 Å². The number of benzene rings is 2. The number of halogens is 3. The zero-order valence-electron chi connectivity index (χ0n) is 11.3. The SMILES string of the molecule is NC(=O)c1cccc2c1ccn2-c1cccc(C(F)(F)F)c1. The number of hydrogen-bond donors (Lipinski definition) is 1. The van der Waals surface area contributed by atoms with Gasteiger partial charge < -0.3 is 10.3 Å². The van der Waals surface area contributed by atoms with Crippen LogP contribution >= 0.6 is 0 Å². The Morgan fingerprint density at radius 3 is 2.45 bits per heavy atom. The summed E-state index contributed by atoms with van der Waals surface area (Å²) in [6.07, 6.45) is -2.79. The molecule has 0 saturated heterocycles. The van der Waals surface area contributed by atoms with Crippen LogP contribution in [0.15, 0.2) is 54.7 Å². The lowest BCUT2D eigenvalue weighted by Gasteiger charge is -2.10. The summed E-state index contributed by atoms with van der Waals surface area (Å²) in [5.41, 5.74) is 5.91. The molecule has 0 bridgehead atoms. The third-order valence-corrected chi connectivity index (χ3v) is 3.45. The second-order valence-corrected chi connectivity index (χ2v) is 4.84. The summed E-state index contributed by atoms with van der Waals surface area (Å²) in [7, 11) is 0. The Bertz CT molecular complexity index is 865. The van der Waals surface area contributed by atoms with Crippen molar-refractivity contribution < 1.29 is 18.0 Å². The Kier molecular flexibility index (Phi) is 3.16. The van der Waals surface area contributed by atoms with Gasteiger partial charge in [-0.05, 0) is 36.4 Å². The molecule has 3 rings (SSSR count). The van der Waals surface area contributed by atoms with Crippen molar-refractivity contribution in [3.8, 4) is 5.69 Å². The van der Waals surface area contributed by atoms with E-state index in [9.17, 15) is 18.0 Å². The fourth-order valence-electron chi connectivity index (χ4n) is 2.44. The molecular formula is C16H11F3N2O. The Labute approximate surface area is 123 Å². The molecule has 22 heavy (non-hydrogen) atoms. The molecule has 0 unspecified atom stereocenters. The lowest BCUT2D eigenvalue weighted by molar-refractivity contribution is -0.137. The molecule has 1 aromatic heterocycles. The van der Waals surface area contributed by atoms with Crippen molar-refractivity contribution >= 4 is 16.8 Å². The molecule has 3 aromatic rings. The van der Waals surface area contributed by atoms with Gasteiger partial charge in [-0.2, -0.15) is 13.2 Å². The van der Waals surface area contributed by atoms with Gasteiger partial charge in [0.2, 0.25) is 5.91 Å². The molecule has 1 amide bonds. The maximum atomic E-state index is 12.8. The summed E-state index contributed by atoms with van der Waals surface area (Å²) < 4.78 is 40.1. The van der Waals surface area contributed by atoms with E-state index >= 15 is 0 Å². The van der Waals surface area contributed by atoms with Crippen molar-refractivity contribution in [1.82, 2.24) is 4.57 Å². The lowest BCUT2D eigenvalue weighted by Crippen LogP contribution is -2.11. The number of amides is 1. The van der Waals surface area contributed by atoms with E-state index in [0.29, 0.717) is 22.2 Å². The molecule has 2 N–H and O–H groups in total. The van der Waals surface area contributed by atoms with Crippen LogP contribution in [0.4, 0.5) is 13.2 Å². The molecule has 112 valence electrons. The molecule has 1 heterocycles. The number of nitrogens with zero attached hydrogens (tertiary/aromatic N) is 1. The lowest BCUT2D eigenvalue weighted by atomic mass is 10.1. The summed E-state index contributed by atoms with van der Waals surface area (Å²) in [5, 5.41) is 0.604. The summed E-state index contributed by atoms with van der Waals surface area (Å²) in [6, 6.07) is 11.6. The quantitative estimate of drug-likeness (QED) is 0.770. The van der Waals surface area contributed by atoms with Crippen molar-refractivity contribution in [2.45, 2.75) is 6.18 Å². The first-order valence-electron chi connectivity index (χ1n) is 6.45. The monoisotopic (exact) mass is 304 g/mol. The van der Waals surface area contributed by atoms with Crippen LogP contribution in [0.3, 0.4) is 0 Å². The number of hydrogen-bond acceptors (Lipinski definition) is 1. The van der Waals surface area contributed by atoms with Gasteiger partial charge in [0.15, 0.2) is 0 Å². The van der Waals surface area contributed by atoms with Crippen LogP contribution in [0, 0.1) is 0 Å². The van der Waals surface area contributed by atoms with Crippen LogP contribution in [0.2, 0.25) is 0 Å². The highest BCUT2D eigenvalue weighted by Crippen LogP contribution is 2.31. The van der Waals surface area contributed by atoms with Gasteiger partial charge in [0, 0.05) is 22.8 Å². The third-order valence-electron chi connectivity index (χ3n) is 3.45. The predicted molar refractivity (Wildman–Crippen MR) is 76.8 cm³/mol. The highest BCUT2D eigenvalue weighted by atomic mass is 19.4. The Hall–Kier alpha value is -2.76. The highest BCUT2D eigenvalue weighted by molar-refractivity contribution is 6.06. The number of alkyl halides is 3. The van der Waals surface area contributed by atoms with Gasteiger partial charge in [-0.1, -0.05) is 12.1 Å². The molecule has 2 aromatic carbocycles. The molecule has 0 fully saturated rings. The number of primary amides is 1. The van der Waals surface area contributed by atoms with Gasteiger partial charge in [-0.25, -0.2) is 0 Å². The largest absolute Gasteiger partial charge is 0.416 e. The average Bonchev–Trinajstić information content (AvgIpc) is 2.90. The molecule has 0 saturated carbocycles. The topological polar surface area (TPSA) is 48.0 Å². The van der Waals surface area contributed by atoms with Crippen LogP contribution in [-0.4, -0.2) is 10.5 Å². The number of carbonyl (C=O) groups is 1. The number of carbonyl (C=O) groups excluding carboxylic acids is 1. The molecule has 0 atom stereocenters. The Balaban J connectivity index is 2.20. The van der Waals surface area contributed by atoms with Crippen LogP contribution in [0.5, 0.6) is 0 Å². The van der Waals surface area contributed by atoms with Gasteiger partial charge in [0.05, 0.1) is 11.1 Å². The first-order chi connectivity index (χ1) is 10.4. The van der Waals surface area contributed by atoms with Crippen molar-refractivity contribution in [3.05, 3.63) is 65.9 Å². The van der Waals surface area contributed by atoms with Crippen LogP contribution in [0.1, 0.15) is 15.9 Å². The Morgan fingerprint density at radius 2 is 1.77 bits per heavy atom. The molecule has 6 heteroatoms. The van der Waals surface area contributed by atoms with Crippen LogP contribution < -0.4 is 5.73 Å². The summed E-state index contributed by atoms with van der Waals surface area (Å²) >= 11 is 0. The van der Waals surface area contributed by atoms with E-state index < -0.39 is 17.6 Å². The highest BCUT2D eigenvalue weighted by Gasteiger charge is 2.30. The normalized spacial score (nSPS) is 11.8. The fourth-order valence-corrected chi connectivity index (χ4v) is 2.44. The van der Waals surface area contributed by atoms with Gasteiger partial charge in [0.1, 0.15) is 0 Å². The molecule has 0 spiro atoms. The zero-order valence-corrected chi connectivity index (χ0v) is 11.3. The molecule has 3 nitrogen and oxygen atoms in total. The second-order valence-electron chi connectivity index (χ2n) is 4.84. The summed E-state index contributed by atoms with van der Waals surface area (Å²) in [4.78, 5) is 11.4. The summed E-state index contributed by atoms with van der Waals surface area (Å²) in [5.74, 6) is -0.576. The number of aromatic nitrogens is 1. The van der Waals surface area contributed by atoms with Crippen LogP contribution in [0.25, 0.3) is 16.6 Å². The number of fused-ring (bicyclic) bond motifs is 1. The van der Waals surface area contributed by atoms with E-state index in [0.717, 1.165) is 12.1 Å². The predicted octanol–water partition coefficient (Wildman–Crippen LogP) is 3.75. The number of nitrogens with two attached hydrogens (primary N) is 1. The smallest absolute Gasteiger partial charge is 0.366 e. The van der Waals surface area contributed by atoms with E-state index in [-0.39, 0.29) is 0 Å². The molecule has 0 aliphatic heterocycles. The first kappa shape index (κ1) is 14.2. The van der Waals surface area contributed by atoms with Crippen LogP contribution in [-0.2, 0) is 6.18 Å². The molecule has 0 aliphatic carbocycles. The average molecular weight is 304 g/mol.